The summed E-state index contributed by atoms with van der Waals surface area (Å²) in [4.78, 5) is 10.3. The molecule has 1 aromatic carbocycles. The number of benzene rings is 1. The molecule has 0 atom stereocenters. The molecule has 0 fully saturated rings. The molecule has 0 aliphatic heterocycles. The molecule has 0 saturated heterocycles. The predicted molar refractivity (Wildman–Crippen MR) is 48.9 cm³/mol. The Labute approximate surface area is 80.7 Å². The number of rotatable bonds is 4. The molecule has 0 heterocycles. The molecule has 0 radical (unpaired) electrons. The fourth-order valence-corrected chi connectivity index (χ4v) is 1.07. The van der Waals surface area contributed by atoms with Crippen molar-refractivity contribution in [2.24, 2.45) is 5.73 Å². The minimum atomic E-state index is -3.41. The Hall–Kier alpha value is -1.45. The van der Waals surface area contributed by atoms with E-state index in [4.69, 9.17) is 0 Å². The second-order valence-corrected chi connectivity index (χ2v) is 3.05. The summed E-state index contributed by atoms with van der Waals surface area (Å²) >= 11 is 0. The number of amides is 1. The van der Waals surface area contributed by atoms with Crippen LogP contribution in [0, 0.1) is 0 Å². The van der Waals surface area contributed by atoms with Gasteiger partial charge in [0.15, 0.2) is 0 Å². The van der Waals surface area contributed by atoms with Gasteiger partial charge < -0.3 is 5.73 Å². The molecule has 0 aromatic heterocycles. The monoisotopic (exact) mass is 199 g/mol. The minimum absolute atomic E-state index is 0.150. The standard InChI is InChI=1S/C10H11F2NO/c11-10(12,9(13)14)7-6-8-4-2-1-3-5-8/h1-5H,6-7H2,(H2,13,14). The fourth-order valence-electron chi connectivity index (χ4n) is 1.07. The van der Waals surface area contributed by atoms with Crippen molar-refractivity contribution in [1.29, 1.82) is 0 Å². The number of carbonyl (C=O) groups is 1. The maximum atomic E-state index is 12.8. The highest BCUT2D eigenvalue weighted by Gasteiger charge is 2.35. The lowest BCUT2D eigenvalue weighted by Gasteiger charge is -2.11. The molecule has 0 bridgehead atoms. The van der Waals surface area contributed by atoms with E-state index in [0.29, 0.717) is 0 Å². The van der Waals surface area contributed by atoms with Gasteiger partial charge >= 0.3 is 5.92 Å². The van der Waals surface area contributed by atoms with E-state index in [-0.39, 0.29) is 6.42 Å². The SMILES string of the molecule is NC(=O)C(F)(F)CCc1ccccc1. The van der Waals surface area contributed by atoms with Crippen LogP contribution in [0.3, 0.4) is 0 Å². The van der Waals surface area contributed by atoms with Crippen molar-refractivity contribution in [3.63, 3.8) is 0 Å². The van der Waals surface area contributed by atoms with Gasteiger partial charge in [0.2, 0.25) is 0 Å². The zero-order chi connectivity index (χ0) is 10.6. The molecular formula is C10H11F2NO. The van der Waals surface area contributed by atoms with Gasteiger partial charge in [-0.25, -0.2) is 0 Å². The summed E-state index contributed by atoms with van der Waals surface area (Å²) in [5.74, 6) is -4.97. The summed E-state index contributed by atoms with van der Waals surface area (Å²) in [5, 5.41) is 0. The number of alkyl halides is 2. The van der Waals surface area contributed by atoms with Crippen LogP contribution in [0.1, 0.15) is 12.0 Å². The zero-order valence-corrected chi connectivity index (χ0v) is 7.54. The molecule has 1 amide bonds. The third-order valence-electron chi connectivity index (χ3n) is 1.93. The summed E-state index contributed by atoms with van der Waals surface area (Å²) in [6.45, 7) is 0. The fraction of sp³-hybridized carbons (Fsp3) is 0.300. The van der Waals surface area contributed by atoms with Crippen molar-refractivity contribution < 1.29 is 13.6 Å². The number of hydrogen-bond donors (Lipinski definition) is 1. The Balaban J connectivity index is 2.53. The minimum Gasteiger partial charge on any atom is -0.364 e. The zero-order valence-electron chi connectivity index (χ0n) is 7.54. The van der Waals surface area contributed by atoms with Gasteiger partial charge in [-0.15, -0.1) is 0 Å². The van der Waals surface area contributed by atoms with Crippen LogP contribution in [0.25, 0.3) is 0 Å². The summed E-state index contributed by atoms with van der Waals surface area (Å²) in [6.07, 6.45) is -0.386. The molecule has 0 saturated carbocycles. The average molecular weight is 199 g/mol. The largest absolute Gasteiger partial charge is 0.364 e. The molecule has 0 unspecified atom stereocenters. The molecule has 0 spiro atoms. The highest BCUT2D eigenvalue weighted by molar-refractivity contribution is 5.81. The van der Waals surface area contributed by atoms with Crippen LogP contribution in [0.15, 0.2) is 30.3 Å². The third-order valence-corrected chi connectivity index (χ3v) is 1.93. The molecule has 1 aromatic rings. The number of carbonyl (C=O) groups excluding carboxylic acids is 1. The van der Waals surface area contributed by atoms with Gasteiger partial charge in [0.25, 0.3) is 5.91 Å². The Morgan fingerprint density at radius 1 is 1.29 bits per heavy atom. The van der Waals surface area contributed by atoms with Crippen molar-refractivity contribution in [1.82, 2.24) is 0 Å². The molecule has 2 nitrogen and oxygen atoms in total. The second-order valence-electron chi connectivity index (χ2n) is 3.05. The van der Waals surface area contributed by atoms with Crippen molar-refractivity contribution in [3.05, 3.63) is 35.9 Å². The normalized spacial score (nSPS) is 11.3. The maximum Gasteiger partial charge on any atom is 0.324 e. The van der Waals surface area contributed by atoms with E-state index in [2.05, 4.69) is 5.73 Å². The van der Waals surface area contributed by atoms with Crippen molar-refractivity contribution in [2.45, 2.75) is 18.8 Å². The van der Waals surface area contributed by atoms with E-state index in [1.807, 2.05) is 0 Å². The lowest BCUT2D eigenvalue weighted by molar-refractivity contribution is -0.142. The number of nitrogens with two attached hydrogens (primary N) is 1. The molecular weight excluding hydrogens is 188 g/mol. The van der Waals surface area contributed by atoms with E-state index in [1.54, 1.807) is 30.3 Å². The summed E-state index contributed by atoms with van der Waals surface area (Å²) in [7, 11) is 0. The molecule has 2 N–H and O–H groups in total. The molecule has 0 aliphatic rings. The van der Waals surface area contributed by atoms with Gasteiger partial charge in [-0.2, -0.15) is 8.78 Å². The number of primary amides is 1. The Morgan fingerprint density at radius 2 is 1.86 bits per heavy atom. The summed E-state index contributed by atoms with van der Waals surface area (Å²) in [5.41, 5.74) is 5.32. The van der Waals surface area contributed by atoms with Crippen LogP contribution in [0.2, 0.25) is 0 Å². The van der Waals surface area contributed by atoms with Crippen LogP contribution >= 0.6 is 0 Å². The predicted octanol–water partition coefficient (Wildman–Crippen LogP) is 1.74. The first-order valence-electron chi connectivity index (χ1n) is 4.24. The maximum absolute atomic E-state index is 12.8. The lowest BCUT2D eigenvalue weighted by Crippen LogP contribution is -2.35. The van der Waals surface area contributed by atoms with Gasteiger partial charge in [-0.1, -0.05) is 30.3 Å². The van der Waals surface area contributed by atoms with E-state index < -0.39 is 18.3 Å². The van der Waals surface area contributed by atoms with Gasteiger partial charge in [-0.05, 0) is 12.0 Å². The highest BCUT2D eigenvalue weighted by atomic mass is 19.3. The lowest BCUT2D eigenvalue weighted by atomic mass is 10.1. The van der Waals surface area contributed by atoms with Crippen molar-refractivity contribution >= 4 is 5.91 Å². The van der Waals surface area contributed by atoms with Crippen LogP contribution in [-0.2, 0) is 11.2 Å². The smallest absolute Gasteiger partial charge is 0.324 e. The van der Waals surface area contributed by atoms with Crippen molar-refractivity contribution in [2.75, 3.05) is 0 Å². The molecule has 14 heavy (non-hydrogen) atoms. The van der Waals surface area contributed by atoms with E-state index in [9.17, 15) is 13.6 Å². The average Bonchev–Trinajstić information content (AvgIpc) is 2.16. The van der Waals surface area contributed by atoms with E-state index >= 15 is 0 Å². The molecule has 0 aliphatic carbocycles. The number of hydrogen-bond acceptors (Lipinski definition) is 1. The number of aryl methyl sites for hydroxylation is 1. The first-order valence-corrected chi connectivity index (χ1v) is 4.24. The Kier molecular flexibility index (Phi) is 3.17. The van der Waals surface area contributed by atoms with E-state index in [0.717, 1.165) is 5.56 Å². The highest BCUT2D eigenvalue weighted by Crippen LogP contribution is 2.20. The van der Waals surface area contributed by atoms with Gasteiger partial charge in [0.05, 0.1) is 0 Å². The van der Waals surface area contributed by atoms with Gasteiger partial charge in [0.1, 0.15) is 0 Å². The molecule has 1 rings (SSSR count). The topological polar surface area (TPSA) is 43.1 Å². The van der Waals surface area contributed by atoms with Crippen LogP contribution in [0.4, 0.5) is 8.78 Å². The van der Waals surface area contributed by atoms with Crippen molar-refractivity contribution in [3.8, 4) is 0 Å². The summed E-state index contributed by atoms with van der Waals surface area (Å²) < 4.78 is 25.5. The second kappa shape index (κ2) is 4.17. The first kappa shape index (κ1) is 10.6. The van der Waals surface area contributed by atoms with Gasteiger partial charge in [-0.3, -0.25) is 4.79 Å². The van der Waals surface area contributed by atoms with Crippen LogP contribution in [0.5, 0.6) is 0 Å². The quantitative estimate of drug-likeness (QED) is 0.788. The third kappa shape index (κ3) is 2.80. The summed E-state index contributed by atoms with van der Waals surface area (Å²) in [6, 6.07) is 8.79. The van der Waals surface area contributed by atoms with Crippen LogP contribution < -0.4 is 5.73 Å². The first-order chi connectivity index (χ1) is 6.52. The molecule has 76 valence electrons. The molecule has 4 heteroatoms. The Morgan fingerprint density at radius 3 is 2.36 bits per heavy atom. The van der Waals surface area contributed by atoms with Gasteiger partial charge in [0, 0.05) is 6.42 Å². The van der Waals surface area contributed by atoms with E-state index in [1.165, 1.54) is 0 Å². The number of halogens is 2. The van der Waals surface area contributed by atoms with Crippen LogP contribution in [-0.4, -0.2) is 11.8 Å². The Bertz CT molecular complexity index is 311.